The quantitative estimate of drug-likeness (QED) is 0.290. The molecule has 2 aromatic carbocycles. The molecule has 0 aliphatic carbocycles. The summed E-state index contributed by atoms with van der Waals surface area (Å²) < 4.78 is 5.43. The molecule has 1 aromatic heterocycles. The van der Waals surface area contributed by atoms with E-state index in [1.807, 2.05) is 0 Å². The van der Waals surface area contributed by atoms with Crippen LogP contribution in [-0.4, -0.2) is 34.8 Å². The van der Waals surface area contributed by atoms with Gasteiger partial charge in [0.15, 0.2) is 0 Å². The SMILES string of the molecule is COc1cc(C(=N)N)ccc1-c1[nH]c2cc(C(=N)N)ccc2c1CC(=O)O. The molecule has 0 atom stereocenters. The molecule has 8 N–H and O–H groups in total. The molecule has 138 valence electrons. The summed E-state index contributed by atoms with van der Waals surface area (Å²) in [6.45, 7) is 0. The van der Waals surface area contributed by atoms with Crippen LogP contribution in [0.3, 0.4) is 0 Å². The van der Waals surface area contributed by atoms with Gasteiger partial charge in [-0.2, -0.15) is 0 Å². The topological polar surface area (TPSA) is 162 Å². The van der Waals surface area contributed by atoms with Gasteiger partial charge in [-0.05, 0) is 23.8 Å². The summed E-state index contributed by atoms with van der Waals surface area (Å²) in [5.74, 6) is -0.663. The van der Waals surface area contributed by atoms with E-state index in [4.69, 9.17) is 27.0 Å². The number of carboxylic acids is 1. The van der Waals surface area contributed by atoms with Crippen LogP contribution >= 0.6 is 0 Å². The Bertz CT molecular complexity index is 1080. The number of aromatic amines is 1. The number of nitrogens with one attached hydrogen (secondary N) is 3. The normalized spacial score (nSPS) is 10.7. The molecule has 0 aliphatic heterocycles. The van der Waals surface area contributed by atoms with Crippen molar-refractivity contribution in [2.75, 3.05) is 7.11 Å². The number of carbonyl (C=O) groups is 1. The third-order valence-corrected chi connectivity index (χ3v) is 4.33. The second-order valence-electron chi connectivity index (χ2n) is 6.05. The number of hydrogen-bond donors (Lipinski definition) is 6. The largest absolute Gasteiger partial charge is 0.496 e. The highest BCUT2D eigenvalue weighted by atomic mass is 16.5. The minimum atomic E-state index is -0.966. The summed E-state index contributed by atoms with van der Waals surface area (Å²) in [6.07, 6.45) is -0.188. The Kier molecular flexibility index (Phi) is 4.55. The summed E-state index contributed by atoms with van der Waals surface area (Å²) in [7, 11) is 1.50. The molecular weight excluding hydrogens is 346 g/mol. The smallest absolute Gasteiger partial charge is 0.307 e. The van der Waals surface area contributed by atoms with Crippen molar-refractivity contribution in [3.05, 3.63) is 53.1 Å². The van der Waals surface area contributed by atoms with Gasteiger partial charge in [0.05, 0.1) is 19.2 Å². The zero-order chi connectivity index (χ0) is 19.7. The minimum Gasteiger partial charge on any atom is -0.496 e. The molecule has 0 fully saturated rings. The molecule has 3 aromatic rings. The van der Waals surface area contributed by atoms with Gasteiger partial charge in [-0.25, -0.2) is 0 Å². The highest BCUT2D eigenvalue weighted by Crippen LogP contribution is 2.37. The highest BCUT2D eigenvalue weighted by molar-refractivity contribution is 6.02. The van der Waals surface area contributed by atoms with Gasteiger partial charge in [-0.3, -0.25) is 15.6 Å². The van der Waals surface area contributed by atoms with Crippen molar-refractivity contribution in [3.8, 4) is 17.0 Å². The van der Waals surface area contributed by atoms with Crippen LogP contribution in [0.15, 0.2) is 36.4 Å². The number of nitrogen functional groups attached to an aromatic ring is 2. The third kappa shape index (κ3) is 3.32. The van der Waals surface area contributed by atoms with Gasteiger partial charge in [0.2, 0.25) is 0 Å². The molecule has 0 amide bonds. The van der Waals surface area contributed by atoms with Gasteiger partial charge >= 0.3 is 5.97 Å². The Balaban J connectivity index is 2.28. The van der Waals surface area contributed by atoms with E-state index in [-0.39, 0.29) is 18.1 Å². The van der Waals surface area contributed by atoms with E-state index in [0.29, 0.717) is 39.2 Å². The summed E-state index contributed by atoms with van der Waals surface area (Å²) in [5.41, 5.74) is 14.7. The van der Waals surface area contributed by atoms with Crippen molar-refractivity contribution in [1.29, 1.82) is 10.8 Å². The van der Waals surface area contributed by atoms with Gasteiger partial charge in [0.25, 0.3) is 0 Å². The number of aliphatic carboxylic acids is 1. The Labute approximate surface area is 154 Å². The maximum atomic E-state index is 11.4. The van der Waals surface area contributed by atoms with E-state index in [9.17, 15) is 9.90 Å². The number of ether oxygens (including phenoxy) is 1. The minimum absolute atomic E-state index is 0.0729. The molecule has 1 heterocycles. The van der Waals surface area contributed by atoms with E-state index in [1.54, 1.807) is 36.4 Å². The maximum absolute atomic E-state index is 11.4. The molecule has 27 heavy (non-hydrogen) atoms. The lowest BCUT2D eigenvalue weighted by molar-refractivity contribution is -0.136. The lowest BCUT2D eigenvalue weighted by Crippen LogP contribution is -2.11. The number of carboxylic acid groups (broad SMARTS) is 1. The molecule has 0 aliphatic rings. The second-order valence-corrected chi connectivity index (χ2v) is 6.05. The van der Waals surface area contributed by atoms with Crippen LogP contribution in [0, 0.1) is 10.8 Å². The van der Waals surface area contributed by atoms with Gasteiger partial charge < -0.3 is 26.3 Å². The van der Waals surface area contributed by atoms with Crippen LogP contribution in [0.2, 0.25) is 0 Å². The van der Waals surface area contributed by atoms with E-state index < -0.39 is 5.97 Å². The van der Waals surface area contributed by atoms with Crippen LogP contribution < -0.4 is 16.2 Å². The number of H-pyrrole nitrogens is 1. The summed E-state index contributed by atoms with van der Waals surface area (Å²) >= 11 is 0. The zero-order valence-corrected chi connectivity index (χ0v) is 14.6. The van der Waals surface area contributed by atoms with Crippen LogP contribution in [0.4, 0.5) is 0 Å². The van der Waals surface area contributed by atoms with Crippen molar-refractivity contribution < 1.29 is 14.6 Å². The predicted octanol–water partition coefficient (Wildman–Crippen LogP) is 2.04. The van der Waals surface area contributed by atoms with Gasteiger partial charge in [-0.15, -0.1) is 0 Å². The monoisotopic (exact) mass is 365 g/mol. The van der Waals surface area contributed by atoms with Crippen molar-refractivity contribution >= 4 is 28.5 Å². The van der Waals surface area contributed by atoms with Crippen LogP contribution in [-0.2, 0) is 11.2 Å². The number of nitrogens with two attached hydrogens (primary N) is 2. The van der Waals surface area contributed by atoms with Crippen molar-refractivity contribution in [3.63, 3.8) is 0 Å². The Morgan fingerprint density at radius 2 is 1.74 bits per heavy atom. The first kappa shape index (κ1) is 18.0. The Morgan fingerprint density at radius 1 is 1.11 bits per heavy atom. The van der Waals surface area contributed by atoms with Crippen molar-refractivity contribution in [1.82, 2.24) is 4.98 Å². The number of methoxy groups -OCH3 is 1. The summed E-state index contributed by atoms with van der Waals surface area (Å²) in [6, 6.07) is 10.2. The lowest BCUT2D eigenvalue weighted by Gasteiger charge is -2.11. The molecule has 3 rings (SSSR count). The Hall–Kier alpha value is -3.81. The third-order valence-electron chi connectivity index (χ3n) is 4.33. The first-order valence-corrected chi connectivity index (χ1v) is 8.05. The fourth-order valence-corrected chi connectivity index (χ4v) is 3.05. The Morgan fingerprint density at radius 3 is 2.33 bits per heavy atom. The molecule has 0 unspecified atom stereocenters. The molecule has 8 nitrogen and oxygen atoms in total. The number of amidine groups is 2. The number of hydrogen-bond acceptors (Lipinski definition) is 4. The van der Waals surface area contributed by atoms with Crippen molar-refractivity contribution in [2.45, 2.75) is 6.42 Å². The standard InChI is InChI=1S/C19H19N5O3/c1-27-15-7-10(19(22)23)3-5-12(15)17-13(8-16(25)26)11-4-2-9(18(20)21)6-14(11)24-17/h2-7,24H,8H2,1H3,(H3,20,21)(H3,22,23)(H,25,26). The average molecular weight is 365 g/mol. The first-order chi connectivity index (χ1) is 12.8. The van der Waals surface area contributed by atoms with E-state index in [1.165, 1.54) is 7.11 Å². The van der Waals surface area contributed by atoms with Crippen LogP contribution in [0.25, 0.3) is 22.2 Å². The van der Waals surface area contributed by atoms with Crippen molar-refractivity contribution in [2.24, 2.45) is 11.5 Å². The van der Waals surface area contributed by atoms with Gasteiger partial charge in [0, 0.05) is 27.6 Å². The number of aromatic nitrogens is 1. The molecule has 0 saturated carbocycles. The van der Waals surface area contributed by atoms with E-state index in [2.05, 4.69) is 4.98 Å². The molecule has 0 radical (unpaired) electrons. The van der Waals surface area contributed by atoms with E-state index >= 15 is 0 Å². The number of fused-ring (bicyclic) bond motifs is 1. The zero-order valence-electron chi connectivity index (χ0n) is 14.6. The second kappa shape index (κ2) is 6.83. The molecule has 8 heteroatoms. The van der Waals surface area contributed by atoms with Crippen LogP contribution in [0.5, 0.6) is 5.75 Å². The fraction of sp³-hybridized carbons (Fsp3) is 0.105. The highest BCUT2D eigenvalue weighted by Gasteiger charge is 2.19. The lowest BCUT2D eigenvalue weighted by atomic mass is 10.00. The fourth-order valence-electron chi connectivity index (χ4n) is 3.05. The molecule has 0 spiro atoms. The predicted molar refractivity (Wildman–Crippen MR) is 104 cm³/mol. The van der Waals surface area contributed by atoms with Gasteiger partial charge in [0.1, 0.15) is 17.4 Å². The average Bonchev–Trinajstić information content (AvgIpc) is 2.97. The first-order valence-electron chi connectivity index (χ1n) is 8.05. The summed E-state index contributed by atoms with van der Waals surface area (Å²) in [5, 5.41) is 25.3. The molecule has 0 bridgehead atoms. The van der Waals surface area contributed by atoms with Crippen LogP contribution in [0.1, 0.15) is 16.7 Å². The number of benzene rings is 2. The summed E-state index contributed by atoms with van der Waals surface area (Å²) in [4.78, 5) is 14.6. The van der Waals surface area contributed by atoms with E-state index in [0.717, 1.165) is 5.39 Å². The molecule has 0 saturated heterocycles. The maximum Gasteiger partial charge on any atom is 0.307 e. The molecular formula is C19H19N5O3. The van der Waals surface area contributed by atoms with Gasteiger partial charge in [-0.1, -0.05) is 18.2 Å². The number of rotatable bonds is 6.